The molecule has 34 heavy (non-hydrogen) atoms. The van der Waals surface area contributed by atoms with Crippen molar-refractivity contribution in [2.45, 2.75) is 44.2 Å². The number of benzene rings is 1. The molecule has 0 bridgehead atoms. The lowest BCUT2D eigenvalue weighted by Gasteiger charge is -2.15. The van der Waals surface area contributed by atoms with Crippen molar-refractivity contribution in [2.24, 2.45) is 0 Å². The molecule has 0 saturated carbocycles. The highest BCUT2D eigenvalue weighted by Crippen LogP contribution is 2.30. The molecule has 1 aromatic carbocycles. The lowest BCUT2D eigenvalue weighted by molar-refractivity contribution is -0.141. The van der Waals surface area contributed by atoms with Gasteiger partial charge in [0.15, 0.2) is 14.8 Å². The average Bonchev–Trinajstić information content (AvgIpc) is 3.36. The Labute approximate surface area is 198 Å². The second-order valence-corrected chi connectivity index (χ2v) is 11.2. The van der Waals surface area contributed by atoms with Crippen LogP contribution in [0.15, 0.2) is 47.5 Å². The first-order chi connectivity index (χ1) is 16.0. The zero-order chi connectivity index (χ0) is 24.5. The first-order valence-corrected chi connectivity index (χ1v) is 12.8. The van der Waals surface area contributed by atoms with Crippen LogP contribution in [0.2, 0.25) is 0 Å². The van der Waals surface area contributed by atoms with E-state index in [0.29, 0.717) is 30.2 Å². The van der Waals surface area contributed by atoms with Crippen LogP contribution in [0.4, 0.5) is 13.2 Å². The molecule has 0 saturated heterocycles. The smallest absolute Gasteiger partial charge is 0.346 e. The number of thiazole rings is 1. The number of pyridine rings is 1. The maximum absolute atomic E-state index is 12.7. The van der Waals surface area contributed by atoms with Crippen molar-refractivity contribution in [1.29, 1.82) is 0 Å². The molecule has 0 aliphatic carbocycles. The summed E-state index contributed by atoms with van der Waals surface area (Å²) in [6, 6.07) is 8.77. The summed E-state index contributed by atoms with van der Waals surface area (Å²) in [6.45, 7) is 3.30. The van der Waals surface area contributed by atoms with Crippen molar-refractivity contribution in [3.8, 4) is 0 Å². The highest BCUT2D eigenvalue weighted by atomic mass is 32.2. The van der Waals surface area contributed by atoms with E-state index < -0.39 is 21.7 Å². The summed E-state index contributed by atoms with van der Waals surface area (Å²) in [6.07, 6.45) is -3.23. The van der Waals surface area contributed by atoms with E-state index in [-0.39, 0.29) is 23.1 Å². The van der Waals surface area contributed by atoms with Gasteiger partial charge < -0.3 is 5.32 Å². The number of aromatic nitrogens is 2. The molecule has 12 heteroatoms. The number of hydrogen-bond donors (Lipinski definition) is 1. The minimum absolute atomic E-state index is 0.0243. The fraction of sp³-hybridized carbons (Fsp3) is 0.318. The maximum Gasteiger partial charge on any atom is 0.433 e. The first kappa shape index (κ1) is 24.3. The van der Waals surface area contributed by atoms with E-state index in [9.17, 15) is 26.4 Å². The number of hydrogen-bond acceptors (Lipinski definition) is 7. The van der Waals surface area contributed by atoms with Crippen molar-refractivity contribution in [3.05, 3.63) is 75.0 Å². The summed E-state index contributed by atoms with van der Waals surface area (Å²) in [5, 5.41) is 3.13. The standard InChI is InChI=1S/C22H21F3N4O3S2/c1-2-34(31,32)16-6-3-14(4-7-16)9-27-20(30)21-28-17-12-29(13-18(17)33-21)11-15-5-8-19(26-10-15)22(23,24)25/h3-8,10H,2,9,11-13H2,1H3,(H,27,30). The molecular weight excluding hydrogens is 489 g/mol. The van der Waals surface area contributed by atoms with Gasteiger partial charge in [-0.2, -0.15) is 13.2 Å². The fourth-order valence-electron chi connectivity index (χ4n) is 3.49. The summed E-state index contributed by atoms with van der Waals surface area (Å²) in [7, 11) is -3.27. The number of halogens is 3. The summed E-state index contributed by atoms with van der Waals surface area (Å²) >= 11 is 1.29. The van der Waals surface area contributed by atoms with Crippen molar-refractivity contribution >= 4 is 27.1 Å². The molecule has 4 rings (SSSR count). The van der Waals surface area contributed by atoms with Gasteiger partial charge in [0.05, 0.1) is 16.3 Å². The molecule has 3 heterocycles. The molecule has 0 atom stereocenters. The zero-order valence-corrected chi connectivity index (χ0v) is 19.7. The van der Waals surface area contributed by atoms with Gasteiger partial charge in [0.25, 0.3) is 5.91 Å². The molecule has 0 radical (unpaired) electrons. The van der Waals surface area contributed by atoms with Crippen LogP contribution < -0.4 is 5.32 Å². The zero-order valence-electron chi connectivity index (χ0n) is 18.1. The summed E-state index contributed by atoms with van der Waals surface area (Å²) < 4.78 is 61.7. The van der Waals surface area contributed by atoms with Crippen LogP contribution in [0.1, 0.15) is 44.1 Å². The molecule has 1 amide bonds. The van der Waals surface area contributed by atoms with Gasteiger partial charge in [0.1, 0.15) is 5.69 Å². The largest absolute Gasteiger partial charge is 0.433 e. The monoisotopic (exact) mass is 510 g/mol. The van der Waals surface area contributed by atoms with Crippen molar-refractivity contribution in [2.75, 3.05) is 5.75 Å². The van der Waals surface area contributed by atoms with E-state index in [0.717, 1.165) is 22.2 Å². The molecule has 0 unspecified atom stereocenters. The number of nitrogens with zero attached hydrogens (tertiary/aromatic N) is 3. The quantitative estimate of drug-likeness (QED) is 0.520. The van der Waals surface area contributed by atoms with Crippen molar-refractivity contribution in [1.82, 2.24) is 20.2 Å². The average molecular weight is 511 g/mol. The summed E-state index contributed by atoms with van der Waals surface area (Å²) in [4.78, 5) is 23.6. The normalized spacial score (nSPS) is 14.2. The van der Waals surface area contributed by atoms with Gasteiger partial charge in [-0.3, -0.25) is 14.7 Å². The Morgan fingerprint density at radius 2 is 1.82 bits per heavy atom. The highest BCUT2D eigenvalue weighted by Gasteiger charge is 2.32. The van der Waals surface area contributed by atoms with E-state index in [1.54, 1.807) is 19.1 Å². The van der Waals surface area contributed by atoms with Crippen LogP contribution in [-0.4, -0.2) is 34.9 Å². The van der Waals surface area contributed by atoms with E-state index >= 15 is 0 Å². The summed E-state index contributed by atoms with van der Waals surface area (Å²) in [5.41, 5.74) is 1.29. The molecule has 1 aliphatic rings. The lowest BCUT2D eigenvalue weighted by atomic mass is 10.2. The maximum atomic E-state index is 12.7. The molecule has 7 nitrogen and oxygen atoms in total. The lowest BCUT2D eigenvalue weighted by Crippen LogP contribution is -2.23. The number of fused-ring (bicyclic) bond motifs is 1. The van der Waals surface area contributed by atoms with Gasteiger partial charge in [-0.1, -0.05) is 25.1 Å². The Kier molecular flexibility index (Phi) is 6.74. The SMILES string of the molecule is CCS(=O)(=O)c1ccc(CNC(=O)c2nc3c(s2)CN(Cc2ccc(C(F)(F)F)nc2)C3)cc1. The third kappa shape index (κ3) is 5.45. The van der Waals surface area contributed by atoms with Gasteiger partial charge in [0.2, 0.25) is 0 Å². The minimum Gasteiger partial charge on any atom is -0.346 e. The van der Waals surface area contributed by atoms with Gasteiger partial charge in [-0.15, -0.1) is 11.3 Å². The predicted octanol–water partition coefficient (Wildman–Crippen LogP) is 3.80. The second kappa shape index (κ2) is 9.43. The van der Waals surface area contributed by atoms with Crippen LogP contribution in [0, 0.1) is 0 Å². The van der Waals surface area contributed by atoms with Gasteiger partial charge in [-0.05, 0) is 29.3 Å². The van der Waals surface area contributed by atoms with E-state index in [1.165, 1.54) is 35.7 Å². The number of sulfone groups is 1. The Hall–Kier alpha value is -2.83. The minimum atomic E-state index is -4.46. The number of carbonyl (C=O) groups is 1. The third-order valence-corrected chi connectivity index (χ3v) is 8.18. The van der Waals surface area contributed by atoms with Crippen LogP contribution in [0.3, 0.4) is 0 Å². The van der Waals surface area contributed by atoms with Crippen molar-refractivity contribution in [3.63, 3.8) is 0 Å². The molecule has 0 spiro atoms. The third-order valence-electron chi connectivity index (χ3n) is 5.35. The molecule has 2 aromatic heterocycles. The molecule has 1 N–H and O–H groups in total. The highest BCUT2D eigenvalue weighted by molar-refractivity contribution is 7.91. The second-order valence-electron chi connectivity index (χ2n) is 7.81. The van der Waals surface area contributed by atoms with Gasteiger partial charge in [-0.25, -0.2) is 13.4 Å². The number of alkyl halides is 3. The van der Waals surface area contributed by atoms with E-state index in [4.69, 9.17) is 0 Å². The fourth-order valence-corrected chi connectivity index (χ4v) is 5.41. The van der Waals surface area contributed by atoms with Crippen LogP contribution in [-0.2, 0) is 42.2 Å². The Morgan fingerprint density at radius 3 is 2.41 bits per heavy atom. The van der Waals surface area contributed by atoms with Crippen LogP contribution in [0.25, 0.3) is 0 Å². The number of rotatable bonds is 7. The Morgan fingerprint density at radius 1 is 1.12 bits per heavy atom. The van der Waals surface area contributed by atoms with Crippen LogP contribution >= 0.6 is 11.3 Å². The van der Waals surface area contributed by atoms with Gasteiger partial charge >= 0.3 is 6.18 Å². The summed E-state index contributed by atoms with van der Waals surface area (Å²) in [5.74, 6) is -0.292. The number of nitrogens with one attached hydrogen (secondary N) is 1. The van der Waals surface area contributed by atoms with Crippen LogP contribution in [0.5, 0.6) is 0 Å². The number of carbonyl (C=O) groups excluding carboxylic acids is 1. The topological polar surface area (TPSA) is 92.3 Å². The molecular formula is C22H21F3N4O3S2. The van der Waals surface area contributed by atoms with Crippen molar-refractivity contribution < 1.29 is 26.4 Å². The predicted molar refractivity (Wildman–Crippen MR) is 120 cm³/mol. The van der Waals surface area contributed by atoms with E-state index in [2.05, 4.69) is 15.3 Å². The molecule has 3 aromatic rings. The number of amides is 1. The van der Waals surface area contributed by atoms with E-state index in [1.807, 2.05) is 4.90 Å². The Bertz CT molecular complexity index is 1260. The molecule has 180 valence electrons. The Balaban J connectivity index is 1.31. The molecule has 0 fully saturated rings. The molecule has 1 aliphatic heterocycles. The first-order valence-electron chi connectivity index (χ1n) is 10.4. The van der Waals surface area contributed by atoms with Gasteiger partial charge in [0, 0.05) is 37.3 Å².